The molecule has 0 unspecified atom stereocenters. The van der Waals surface area contributed by atoms with Gasteiger partial charge in [-0.1, -0.05) is 0 Å². The fourth-order valence-corrected chi connectivity index (χ4v) is 2.33. The molecule has 21 heavy (non-hydrogen) atoms. The number of hydrogen-bond donors (Lipinski definition) is 1. The van der Waals surface area contributed by atoms with Gasteiger partial charge in [-0.25, -0.2) is 4.98 Å². The van der Waals surface area contributed by atoms with Crippen LogP contribution in [-0.2, 0) is 4.74 Å². The van der Waals surface area contributed by atoms with Crippen molar-refractivity contribution in [2.45, 2.75) is 0 Å². The number of nitriles is 1. The van der Waals surface area contributed by atoms with Crippen LogP contribution in [0.3, 0.4) is 0 Å². The van der Waals surface area contributed by atoms with Gasteiger partial charge in [0, 0.05) is 30.7 Å². The molecule has 3 rings (SSSR count). The zero-order chi connectivity index (χ0) is 14.5. The molecule has 1 aromatic heterocycles. The number of aromatic nitrogens is 1. The van der Waals surface area contributed by atoms with Crippen molar-refractivity contribution in [2.75, 3.05) is 36.5 Å². The second-order valence-corrected chi connectivity index (χ2v) is 4.78. The number of anilines is 3. The summed E-state index contributed by atoms with van der Waals surface area (Å²) in [5.41, 5.74) is 3.25. The van der Waals surface area contributed by atoms with Crippen molar-refractivity contribution < 1.29 is 4.74 Å². The van der Waals surface area contributed by atoms with E-state index in [1.807, 2.05) is 24.3 Å². The topological polar surface area (TPSA) is 61.2 Å². The summed E-state index contributed by atoms with van der Waals surface area (Å²) in [7, 11) is 0. The predicted octanol–water partition coefficient (Wildman–Crippen LogP) is 2.53. The lowest BCUT2D eigenvalue weighted by molar-refractivity contribution is 0.122. The van der Waals surface area contributed by atoms with Gasteiger partial charge < -0.3 is 15.0 Å². The lowest BCUT2D eigenvalue weighted by Crippen LogP contribution is -2.36. The first-order valence-electron chi connectivity index (χ1n) is 6.92. The summed E-state index contributed by atoms with van der Waals surface area (Å²) in [6.07, 6.45) is 1.62. The summed E-state index contributed by atoms with van der Waals surface area (Å²) >= 11 is 0. The first kappa shape index (κ1) is 13.4. The highest BCUT2D eigenvalue weighted by Crippen LogP contribution is 2.22. The van der Waals surface area contributed by atoms with E-state index in [1.165, 1.54) is 5.69 Å². The number of morpholine rings is 1. The molecule has 1 saturated heterocycles. The maximum Gasteiger partial charge on any atom is 0.163 e. The Balaban J connectivity index is 1.74. The van der Waals surface area contributed by atoms with Crippen LogP contribution in [0.25, 0.3) is 0 Å². The minimum Gasteiger partial charge on any atom is -0.378 e. The second kappa shape index (κ2) is 6.25. The highest BCUT2D eigenvalue weighted by molar-refractivity contribution is 5.66. The Morgan fingerprint density at radius 1 is 1.14 bits per heavy atom. The molecule has 0 spiro atoms. The summed E-state index contributed by atoms with van der Waals surface area (Å²) < 4.78 is 5.36. The predicted molar refractivity (Wildman–Crippen MR) is 81.7 cm³/mol. The Morgan fingerprint density at radius 3 is 2.62 bits per heavy atom. The van der Waals surface area contributed by atoms with Gasteiger partial charge in [0.15, 0.2) is 5.69 Å². The minimum atomic E-state index is 0.398. The number of nitrogens with one attached hydrogen (secondary N) is 1. The van der Waals surface area contributed by atoms with Crippen molar-refractivity contribution in [2.24, 2.45) is 0 Å². The normalized spacial score (nSPS) is 14.5. The summed E-state index contributed by atoms with van der Waals surface area (Å²) in [5.74, 6) is 0. The number of hydrogen-bond acceptors (Lipinski definition) is 5. The maximum absolute atomic E-state index is 9.04. The van der Waals surface area contributed by atoms with Crippen LogP contribution in [0.2, 0.25) is 0 Å². The first-order chi connectivity index (χ1) is 10.4. The summed E-state index contributed by atoms with van der Waals surface area (Å²) in [4.78, 5) is 6.34. The molecule has 0 bridgehead atoms. The molecule has 1 N–H and O–H groups in total. The Labute approximate surface area is 123 Å². The van der Waals surface area contributed by atoms with Crippen molar-refractivity contribution in [3.8, 4) is 6.07 Å². The zero-order valence-corrected chi connectivity index (χ0v) is 11.6. The van der Waals surface area contributed by atoms with Crippen LogP contribution in [0.15, 0.2) is 42.6 Å². The maximum atomic E-state index is 9.04. The SMILES string of the molecule is N#Cc1ncccc1Nc1ccc(N2CCOCC2)cc1. The van der Waals surface area contributed by atoms with E-state index in [2.05, 4.69) is 33.4 Å². The van der Waals surface area contributed by atoms with Gasteiger partial charge in [-0.05, 0) is 36.4 Å². The van der Waals surface area contributed by atoms with Crippen LogP contribution in [0.1, 0.15) is 5.69 Å². The Hall–Kier alpha value is -2.58. The van der Waals surface area contributed by atoms with Gasteiger partial charge in [-0.15, -0.1) is 0 Å². The third-order valence-electron chi connectivity index (χ3n) is 3.44. The smallest absolute Gasteiger partial charge is 0.163 e. The number of rotatable bonds is 3. The van der Waals surface area contributed by atoms with E-state index in [0.29, 0.717) is 5.69 Å². The van der Waals surface area contributed by atoms with Crippen molar-refractivity contribution >= 4 is 17.1 Å². The highest BCUT2D eigenvalue weighted by atomic mass is 16.5. The molecule has 1 aliphatic heterocycles. The molecule has 2 heterocycles. The quantitative estimate of drug-likeness (QED) is 0.936. The van der Waals surface area contributed by atoms with Gasteiger partial charge in [-0.2, -0.15) is 5.26 Å². The van der Waals surface area contributed by atoms with Crippen LogP contribution in [0, 0.1) is 11.3 Å². The largest absolute Gasteiger partial charge is 0.378 e. The van der Waals surface area contributed by atoms with E-state index < -0.39 is 0 Å². The summed E-state index contributed by atoms with van der Waals surface area (Å²) in [6.45, 7) is 3.41. The van der Waals surface area contributed by atoms with Crippen molar-refractivity contribution in [1.82, 2.24) is 4.98 Å². The van der Waals surface area contributed by atoms with Gasteiger partial charge in [-0.3, -0.25) is 0 Å². The Kier molecular flexibility index (Phi) is 3.99. The van der Waals surface area contributed by atoms with E-state index in [0.717, 1.165) is 37.7 Å². The molecule has 2 aromatic rings. The lowest BCUT2D eigenvalue weighted by atomic mass is 10.2. The summed E-state index contributed by atoms with van der Waals surface area (Å²) in [6, 6.07) is 13.9. The van der Waals surface area contributed by atoms with Crippen LogP contribution >= 0.6 is 0 Å². The molecule has 106 valence electrons. The molecule has 1 aliphatic rings. The molecule has 1 fully saturated rings. The van der Waals surface area contributed by atoms with Gasteiger partial charge in [0.05, 0.1) is 18.9 Å². The molecular weight excluding hydrogens is 264 g/mol. The molecule has 0 aliphatic carbocycles. The minimum absolute atomic E-state index is 0.398. The first-order valence-corrected chi connectivity index (χ1v) is 6.92. The highest BCUT2D eigenvalue weighted by Gasteiger charge is 2.11. The van der Waals surface area contributed by atoms with Crippen LogP contribution in [-0.4, -0.2) is 31.3 Å². The van der Waals surface area contributed by atoms with Crippen molar-refractivity contribution in [3.05, 3.63) is 48.3 Å². The summed E-state index contributed by atoms with van der Waals surface area (Å²) in [5, 5.41) is 12.3. The average molecular weight is 280 g/mol. The van der Waals surface area contributed by atoms with Crippen LogP contribution in [0.5, 0.6) is 0 Å². The number of ether oxygens (including phenoxy) is 1. The molecular formula is C16H16N4O. The molecule has 5 nitrogen and oxygen atoms in total. The fourth-order valence-electron chi connectivity index (χ4n) is 2.33. The standard InChI is InChI=1S/C16H16N4O/c17-12-16-15(2-1-7-18-16)19-13-3-5-14(6-4-13)20-8-10-21-11-9-20/h1-7,19H,8-11H2. The van der Waals surface area contributed by atoms with E-state index in [1.54, 1.807) is 6.20 Å². The van der Waals surface area contributed by atoms with Gasteiger partial charge in [0.1, 0.15) is 6.07 Å². The van der Waals surface area contributed by atoms with E-state index in [4.69, 9.17) is 10.00 Å². The van der Waals surface area contributed by atoms with Gasteiger partial charge in [0.25, 0.3) is 0 Å². The third-order valence-corrected chi connectivity index (χ3v) is 3.44. The molecule has 0 saturated carbocycles. The number of pyridine rings is 1. The molecule has 0 atom stereocenters. The number of nitrogens with zero attached hydrogens (tertiary/aromatic N) is 3. The van der Waals surface area contributed by atoms with E-state index in [9.17, 15) is 0 Å². The lowest BCUT2D eigenvalue weighted by Gasteiger charge is -2.28. The third kappa shape index (κ3) is 3.12. The Morgan fingerprint density at radius 2 is 1.90 bits per heavy atom. The van der Waals surface area contributed by atoms with E-state index in [-0.39, 0.29) is 0 Å². The average Bonchev–Trinajstić information content (AvgIpc) is 2.57. The monoisotopic (exact) mass is 280 g/mol. The van der Waals surface area contributed by atoms with E-state index >= 15 is 0 Å². The van der Waals surface area contributed by atoms with Crippen molar-refractivity contribution in [1.29, 1.82) is 5.26 Å². The molecule has 0 amide bonds. The zero-order valence-electron chi connectivity index (χ0n) is 11.6. The molecule has 5 heteroatoms. The van der Waals surface area contributed by atoms with Gasteiger partial charge >= 0.3 is 0 Å². The van der Waals surface area contributed by atoms with Crippen LogP contribution < -0.4 is 10.2 Å². The fraction of sp³-hybridized carbons (Fsp3) is 0.250. The van der Waals surface area contributed by atoms with Crippen molar-refractivity contribution in [3.63, 3.8) is 0 Å². The Bertz CT molecular complexity index is 642. The van der Waals surface area contributed by atoms with Gasteiger partial charge in [0.2, 0.25) is 0 Å². The molecule has 1 aromatic carbocycles. The van der Waals surface area contributed by atoms with Crippen LogP contribution in [0.4, 0.5) is 17.1 Å². The number of benzene rings is 1. The molecule has 0 radical (unpaired) electrons. The second-order valence-electron chi connectivity index (χ2n) is 4.78.